The molecule has 25 heavy (non-hydrogen) atoms. The van der Waals surface area contributed by atoms with Gasteiger partial charge in [-0.3, -0.25) is 9.62 Å². The van der Waals surface area contributed by atoms with E-state index in [1.807, 2.05) is 18.2 Å². The summed E-state index contributed by atoms with van der Waals surface area (Å²) < 4.78 is 27.1. The van der Waals surface area contributed by atoms with Gasteiger partial charge in [0.05, 0.1) is 5.75 Å². The van der Waals surface area contributed by atoms with Crippen LogP contribution in [0.25, 0.3) is 0 Å². The molecule has 0 atom stereocenters. The molecule has 0 aliphatic carbocycles. The van der Waals surface area contributed by atoms with E-state index in [1.165, 1.54) is 0 Å². The Morgan fingerprint density at radius 2 is 1.68 bits per heavy atom. The second-order valence-electron chi connectivity index (χ2n) is 6.10. The highest BCUT2D eigenvalue weighted by Crippen LogP contribution is 2.22. The standard InChI is InChI=1S/C18H21N3O3S/c1-20-12-5-13-21(18(20)22)17-10-8-16(9-11-17)19-25(23,24)14-15-6-3-2-4-7-15/h2-4,6-11,19H,5,12-14H2,1H3. The molecular formula is C18H21N3O3S. The van der Waals surface area contributed by atoms with Gasteiger partial charge in [-0.15, -0.1) is 0 Å². The van der Waals surface area contributed by atoms with Gasteiger partial charge in [0.1, 0.15) is 0 Å². The topological polar surface area (TPSA) is 69.7 Å². The fourth-order valence-corrected chi connectivity index (χ4v) is 4.02. The van der Waals surface area contributed by atoms with E-state index in [2.05, 4.69) is 4.72 Å². The average Bonchev–Trinajstić information content (AvgIpc) is 2.58. The number of nitrogens with one attached hydrogen (secondary N) is 1. The van der Waals surface area contributed by atoms with Crippen molar-refractivity contribution in [1.29, 1.82) is 0 Å². The molecular weight excluding hydrogens is 338 g/mol. The number of hydrogen-bond acceptors (Lipinski definition) is 3. The van der Waals surface area contributed by atoms with Gasteiger partial charge in [0.25, 0.3) is 0 Å². The average molecular weight is 359 g/mol. The van der Waals surface area contributed by atoms with Gasteiger partial charge in [-0.25, -0.2) is 13.2 Å². The molecule has 7 heteroatoms. The van der Waals surface area contributed by atoms with Crippen LogP contribution >= 0.6 is 0 Å². The lowest BCUT2D eigenvalue weighted by Gasteiger charge is -2.33. The van der Waals surface area contributed by atoms with Crippen molar-refractivity contribution in [2.45, 2.75) is 12.2 Å². The minimum Gasteiger partial charge on any atom is -0.327 e. The van der Waals surface area contributed by atoms with Crippen LogP contribution in [0.4, 0.5) is 16.2 Å². The highest BCUT2D eigenvalue weighted by atomic mass is 32.2. The van der Waals surface area contributed by atoms with Crippen LogP contribution in [0.1, 0.15) is 12.0 Å². The van der Waals surface area contributed by atoms with Crippen LogP contribution in [0.5, 0.6) is 0 Å². The molecule has 0 bridgehead atoms. The summed E-state index contributed by atoms with van der Waals surface area (Å²) in [4.78, 5) is 15.6. The van der Waals surface area contributed by atoms with Crippen molar-refractivity contribution in [3.8, 4) is 0 Å². The molecule has 0 spiro atoms. The normalized spacial score (nSPS) is 15.3. The SMILES string of the molecule is CN1CCCN(c2ccc(NS(=O)(=O)Cc3ccccc3)cc2)C1=O. The van der Waals surface area contributed by atoms with Gasteiger partial charge < -0.3 is 4.90 Å². The Balaban J connectivity index is 1.69. The number of benzene rings is 2. The van der Waals surface area contributed by atoms with E-state index in [-0.39, 0.29) is 11.8 Å². The molecule has 0 unspecified atom stereocenters. The largest absolute Gasteiger partial charge is 0.327 e. The summed E-state index contributed by atoms with van der Waals surface area (Å²) in [5.74, 6) is -0.0784. The Bertz CT molecular complexity index is 836. The van der Waals surface area contributed by atoms with Gasteiger partial charge in [0.2, 0.25) is 10.0 Å². The van der Waals surface area contributed by atoms with Crippen LogP contribution in [0.15, 0.2) is 54.6 Å². The molecule has 2 aromatic carbocycles. The molecule has 1 N–H and O–H groups in total. The van der Waals surface area contributed by atoms with E-state index in [0.29, 0.717) is 12.2 Å². The van der Waals surface area contributed by atoms with Crippen molar-refractivity contribution in [2.24, 2.45) is 0 Å². The number of amides is 2. The van der Waals surface area contributed by atoms with Crippen molar-refractivity contribution < 1.29 is 13.2 Å². The van der Waals surface area contributed by atoms with Crippen molar-refractivity contribution in [1.82, 2.24) is 4.90 Å². The van der Waals surface area contributed by atoms with Crippen molar-refractivity contribution in [3.05, 3.63) is 60.2 Å². The molecule has 1 aliphatic rings. The van der Waals surface area contributed by atoms with Gasteiger partial charge in [-0.1, -0.05) is 30.3 Å². The smallest absolute Gasteiger partial charge is 0.324 e. The molecule has 6 nitrogen and oxygen atoms in total. The van der Waals surface area contributed by atoms with Crippen molar-refractivity contribution in [2.75, 3.05) is 29.8 Å². The second-order valence-corrected chi connectivity index (χ2v) is 7.83. The number of urea groups is 1. The molecule has 1 aliphatic heterocycles. The van der Waals surface area contributed by atoms with Gasteiger partial charge in [-0.05, 0) is 36.2 Å². The summed E-state index contributed by atoms with van der Waals surface area (Å²) >= 11 is 0. The number of rotatable bonds is 5. The zero-order chi connectivity index (χ0) is 17.9. The molecule has 3 rings (SSSR count). The van der Waals surface area contributed by atoms with Gasteiger partial charge in [0, 0.05) is 31.5 Å². The second kappa shape index (κ2) is 7.14. The lowest BCUT2D eigenvalue weighted by molar-refractivity contribution is 0.207. The summed E-state index contributed by atoms with van der Waals surface area (Å²) in [5.41, 5.74) is 1.98. The minimum atomic E-state index is -3.48. The Morgan fingerprint density at radius 3 is 2.36 bits per heavy atom. The number of carbonyl (C=O) groups excluding carboxylic acids is 1. The van der Waals surface area contributed by atoms with Crippen molar-refractivity contribution in [3.63, 3.8) is 0 Å². The van der Waals surface area contributed by atoms with E-state index in [9.17, 15) is 13.2 Å². The summed E-state index contributed by atoms with van der Waals surface area (Å²) in [5, 5.41) is 0. The quantitative estimate of drug-likeness (QED) is 0.892. The first-order valence-electron chi connectivity index (χ1n) is 8.12. The summed E-state index contributed by atoms with van der Waals surface area (Å²) in [7, 11) is -1.71. The first-order chi connectivity index (χ1) is 11.9. The Labute approximate surface area is 148 Å². The number of carbonyl (C=O) groups is 1. The third kappa shape index (κ3) is 4.30. The first kappa shape index (κ1) is 17.3. The first-order valence-corrected chi connectivity index (χ1v) is 9.77. The van der Waals surface area contributed by atoms with Crippen LogP contribution < -0.4 is 9.62 Å². The van der Waals surface area contributed by atoms with E-state index >= 15 is 0 Å². The molecule has 0 aromatic heterocycles. The number of hydrogen-bond donors (Lipinski definition) is 1. The summed E-state index contributed by atoms with van der Waals surface area (Å²) in [6.45, 7) is 1.43. The van der Waals surface area contributed by atoms with E-state index in [0.717, 1.165) is 24.2 Å². The highest BCUT2D eigenvalue weighted by Gasteiger charge is 2.23. The predicted octanol–water partition coefficient (Wildman–Crippen LogP) is 2.89. The van der Waals surface area contributed by atoms with Crippen LogP contribution in [-0.4, -0.2) is 39.5 Å². The van der Waals surface area contributed by atoms with Gasteiger partial charge in [0.15, 0.2) is 0 Å². The maximum Gasteiger partial charge on any atom is 0.324 e. The van der Waals surface area contributed by atoms with Crippen LogP contribution in [0, 0.1) is 0 Å². The van der Waals surface area contributed by atoms with Gasteiger partial charge >= 0.3 is 6.03 Å². The third-order valence-corrected chi connectivity index (χ3v) is 5.34. The van der Waals surface area contributed by atoms with E-state index < -0.39 is 10.0 Å². The lowest BCUT2D eigenvalue weighted by Crippen LogP contribution is -2.47. The minimum absolute atomic E-state index is 0.0383. The maximum absolute atomic E-state index is 12.3. The van der Waals surface area contributed by atoms with Gasteiger partial charge in [-0.2, -0.15) is 0 Å². The van der Waals surface area contributed by atoms with Crippen LogP contribution in [-0.2, 0) is 15.8 Å². The third-order valence-electron chi connectivity index (χ3n) is 4.08. The molecule has 0 saturated carbocycles. The molecule has 1 heterocycles. The fourth-order valence-electron chi connectivity index (χ4n) is 2.82. The monoisotopic (exact) mass is 359 g/mol. The zero-order valence-corrected chi connectivity index (χ0v) is 14.9. The Kier molecular flexibility index (Phi) is 4.94. The summed E-state index contributed by atoms with van der Waals surface area (Å²) in [6, 6.07) is 15.9. The maximum atomic E-state index is 12.3. The van der Waals surface area contributed by atoms with Crippen LogP contribution in [0.2, 0.25) is 0 Å². The molecule has 1 fully saturated rings. The fraction of sp³-hybridized carbons (Fsp3) is 0.278. The molecule has 132 valence electrons. The van der Waals surface area contributed by atoms with E-state index in [4.69, 9.17) is 0 Å². The lowest BCUT2D eigenvalue weighted by atomic mass is 10.2. The number of nitrogens with zero attached hydrogens (tertiary/aromatic N) is 2. The molecule has 0 radical (unpaired) electrons. The van der Waals surface area contributed by atoms with E-state index in [1.54, 1.807) is 53.2 Å². The Morgan fingerprint density at radius 1 is 1.00 bits per heavy atom. The number of anilines is 2. The van der Waals surface area contributed by atoms with Crippen LogP contribution in [0.3, 0.4) is 0 Å². The molecule has 2 aromatic rings. The Hall–Kier alpha value is -2.54. The molecule has 1 saturated heterocycles. The predicted molar refractivity (Wildman–Crippen MR) is 99.1 cm³/mol. The molecule has 2 amide bonds. The zero-order valence-electron chi connectivity index (χ0n) is 14.1. The summed E-state index contributed by atoms with van der Waals surface area (Å²) in [6.07, 6.45) is 0.910. The number of sulfonamides is 1. The highest BCUT2D eigenvalue weighted by molar-refractivity contribution is 7.91. The van der Waals surface area contributed by atoms with Crippen molar-refractivity contribution >= 4 is 27.4 Å².